The van der Waals surface area contributed by atoms with Crippen LogP contribution in [0.15, 0.2) is 42.7 Å². The summed E-state index contributed by atoms with van der Waals surface area (Å²) in [6.07, 6.45) is 4.08. The zero-order chi connectivity index (χ0) is 20.5. The predicted octanol–water partition coefficient (Wildman–Crippen LogP) is 2.55. The first-order valence-electron chi connectivity index (χ1n) is 9.54. The molecule has 29 heavy (non-hydrogen) atoms. The van der Waals surface area contributed by atoms with Gasteiger partial charge in [-0.2, -0.15) is 5.10 Å². The number of likely N-dealkylation sites (N-methyl/N-ethyl adjacent to an activating group) is 1. The summed E-state index contributed by atoms with van der Waals surface area (Å²) in [7, 11) is 4.06. The summed E-state index contributed by atoms with van der Waals surface area (Å²) in [4.78, 5) is 25.7. The fourth-order valence-electron chi connectivity index (χ4n) is 3.61. The average Bonchev–Trinajstić information content (AvgIpc) is 3.35. The van der Waals surface area contributed by atoms with Crippen LogP contribution in [-0.4, -0.2) is 68.7 Å². The minimum atomic E-state index is -0.352. The molecule has 7 nitrogen and oxygen atoms in total. The van der Waals surface area contributed by atoms with Crippen LogP contribution in [0, 0.1) is 12.7 Å². The van der Waals surface area contributed by atoms with Crippen molar-refractivity contribution in [2.45, 2.75) is 19.4 Å². The fourth-order valence-corrected chi connectivity index (χ4v) is 3.61. The largest absolute Gasteiger partial charge is 0.337 e. The summed E-state index contributed by atoms with van der Waals surface area (Å²) >= 11 is 0. The highest BCUT2D eigenvalue weighted by molar-refractivity contribution is 5.95. The molecule has 4 rings (SSSR count). The lowest BCUT2D eigenvalue weighted by Gasteiger charge is -2.20. The molecule has 1 aromatic carbocycles. The van der Waals surface area contributed by atoms with Crippen molar-refractivity contribution in [1.82, 2.24) is 29.5 Å². The van der Waals surface area contributed by atoms with Crippen molar-refractivity contribution in [2.75, 3.05) is 27.2 Å². The summed E-state index contributed by atoms with van der Waals surface area (Å²) in [5.41, 5.74) is 2.05. The zero-order valence-corrected chi connectivity index (χ0v) is 16.7. The maximum atomic E-state index is 14.1. The molecule has 0 aliphatic carbocycles. The van der Waals surface area contributed by atoms with Crippen LogP contribution in [0.4, 0.5) is 4.39 Å². The van der Waals surface area contributed by atoms with E-state index in [-0.39, 0.29) is 11.7 Å². The standard InChI is InChI=1S/C21H23FN6O/c1-14-17(20(29)27-11-9-15(13-27)26(2)3)12-24-28(14)21-23-10-8-19(25-21)16-6-4-5-7-18(16)22/h4-8,10,12,15H,9,11,13H2,1-3H3. The Hall–Kier alpha value is -3.13. The van der Waals surface area contributed by atoms with E-state index in [4.69, 9.17) is 0 Å². The Kier molecular flexibility index (Phi) is 5.10. The molecule has 1 unspecified atom stereocenters. The molecule has 3 heterocycles. The first kappa shape index (κ1) is 19.2. The molecule has 0 N–H and O–H groups in total. The Morgan fingerprint density at radius 2 is 2.03 bits per heavy atom. The first-order chi connectivity index (χ1) is 14.0. The van der Waals surface area contributed by atoms with Gasteiger partial charge in [-0.3, -0.25) is 4.79 Å². The maximum Gasteiger partial charge on any atom is 0.257 e. The van der Waals surface area contributed by atoms with Gasteiger partial charge in [-0.25, -0.2) is 19.0 Å². The van der Waals surface area contributed by atoms with Gasteiger partial charge in [-0.05, 0) is 45.6 Å². The second-order valence-electron chi connectivity index (χ2n) is 7.43. The monoisotopic (exact) mass is 394 g/mol. The molecule has 3 aromatic rings. The Labute approximate surface area is 168 Å². The number of hydrogen-bond donors (Lipinski definition) is 0. The minimum Gasteiger partial charge on any atom is -0.337 e. The molecule has 0 bridgehead atoms. The molecule has 1 amide bonds. The number of likely N-dealkylation sites (tertiary alicyclic amines) is 1. The van der Waals surface area contributed by atoms with Gasteiger partial charge in [0.1, 0.15) is 5.82 Å². The van der Waals surface area contributed by atoms with Crippen molar-refractivity contribution in [3.63, 3.8) is 0 Å². The van der Waals surface area contributed by atoms with Gasteiger partial charge in [-0.15, -0.1) is 0 Å². The molecule has 1 saturated heterocycles. The molecule has 1 fully saturated rings. The molecule has 1 aliphatic rings. The van der Waals surface area contributed by atoms with E-state index in [9.17, 15) is 9.18 Å². The number of hydrogen-bond acceptors (Lipinski definition) is 5. The van der Waals surface area contributed by atoms with Gasteiger partial charge in [0.15, 0.2) is 0 Å². The topological polar surface area (TPSA) is 67.2 Å². The van der Waals surface area contributed by atoms with Gasteiger partial charge in [0.25, 0.3) is 11.9 Å². The van der Waals surface area contributed by atoms with Gasteiger partial charge in [0.2, 0.25) is 0 Å². The third kappa shape index (κ3) is 3.63. The van der Waals surface area contributed by atoms with E-state index in [0.717, 1.165) is 13.0 Å². The molecule has 0 radical (unpaired) electrons. The summed E-state index contributed by atoms with van der Waals surface area (Å²) in [6.45, 7) is 3.25. The molecule has 1 aliphatic heterocycles. The Balaban J connectivity index is 1.62. The number of carbonyl (C=O) groups is 1. The molecular formula is C21H23FN6O. The highest BCUT2D eigenvalue weighted by Crippen LogP contribution is 2.22. The number of rotatable bonds is 4. The number of halogens is 1. The zero-order valence-electron chi connectivity index (χ0n) is 16.7. The van der Waals surface area contributed by atoms with Crippen molar-refractivity contribution < 1.29 is 9.18 Å². The Morgan fingerprint density at radius 3 is 2.76 bits per heavy atom. The number of benzene rings is 1. The van der Waals surface area contributed by atoms with Crippen LogP contribution in [0.2, 0.25) is 0 Å². The number of amides is 1. The van der Waals surface area contributed by atoms with E-state index in [1.54, 1.807) is 36.7 Å². The quantitative estimate of drug-likeness (QED) is 0.680. The minimum absolute atomic E-state index is 0.0386. The lowest BCUT2D eigenvalue weighted by Crippen LogP contribution is -2.34. The van der Waals surface area contributed by atoms with E-state index < -0.39 is 0 Å². The van der Waals surface area contributed by atoms with Crippen LogP contribution < -0.4 is 0 Å². The van der Waals surface area contributed by atoms with Gasteiger partial charge in [-0.1, -0.05) is 12.1 Å². The summed E-state index contributed by atoms with van der Waals surface area (Å²) in [5.74, 6) is -0.0899. The smallest absolute Gasteiger partial charge is 0.257 e. The lowest BCUT2D eigenvalue weighted by atomic mass is 10.1. The van der Waals surface area contributed by atoms with Crippen LogP contribution in [0.1, 0.15) is 22.5 Å². The average molecular weight is 394 g/mol. The van der Waals surface area contributed by atoms with Crippen molar-refractivity contribution in [3.8, 4) is 17.2 Å². The van der Waals surface area contributed by atoms with Crippen molar-refractivity contribution >= 4 is 5.91 Å². The van der Waals surface area contributed by atoms with E-state index >= 15 is 0 Å². The maximum absolute atomic E-state index is 14.1. The van der Waals surface area contributed by atoms with Crippen LogP contribution in [-0.2, 0) is 0 Å². The molecular weight excluding hydrogens is 371 g/mol. The number of carbonyl (C=O) groups excluding carboxylic acids is 1. The van der Waals surface area contributed by atoms with E-state index in [0.29, 0.717) is 41.0 Å². The number of aromatic nitrogens is 4. The van der Waals surface area contributed by atoms with Crippen LogP contribution in [0.25, 0.3) is 17.2 Å². The van der Waals surface area contributed by atoms with Crippen molar-refractivity contribution in [1.29, 1.82) is 0 Å². The molecule has 0 saturated carbocycles. The van der Waals surface area contributed by atoms with Crippen LogP contribution in [0.5, 0.6) is 0 Å². The van der Waals surface area contributed by atoms with Gasteiger partial charge in [0, 0.05) is 30.9 Å². The Morgan fingerprint density at radius 1 is 1.24 bits per heavy atom. The highest BCUT2D eigenvalue weighted by Gasteiger charge is 2.30. The fraction of sp³-hybridized carbons (Fsp3) is 0.333. The summed E-state index contributed by atoms with van der Waals surface area (Å²) < 4.78 is 15.6. The van der Waals surface area contributed by atoms with Crippen molar-refractivity contribution in [2.24, 2.45) is 0 Å². The second-order valence-corrected chi connectivity index (χ2v) is 7.43. The molecule has 2 aromatic heterocycles. The van der Waals surface area contributed by atoms with Gasteiger partial charge in [0.05, 0.1) is 23.1 Å². The Bertz CT molecular complexity index is 1050. The van der Waals surface area contributed by atoms with E-state index in [2.05, 4.69) is 20.0 Å². The highest BCUT2D eigenvalue weighted by atomic mass is 19.1. The molecule has 1 atom stereocenters. The van der Waals surface area contributed by atoms with Gasteiger partial charge >= 0.3 is 0 Å². The SMILES string of the molecule is Cc1c(C(=O)N2CCC(N(C)C)C2)cnn1-c1nccc(-c2ccccc2F)n1. The van der Waals surface area contributed by atoms with E-state index in [1.807, 2.05) is 25.9 Å². The van der Waals surface area contributed by atoms with E-state index in [1.165, 1.54) is 10.7 Å². The number of nitrogens with zero attached hydrogens (tertiary/aromatic N) is 6. The van der Waals surface area contributed by atoms with Crippen LogP contribution in [0.3, 0.4) is 0 Å². The third-order valence-electron chi connectivity index (χ3n) is 5.40. The first-order valence-corrected chi connectivity index (χ1v) is 9.54. The van der Waals surface area contributed by atoms with Crippen molar-refractivity contribution in [3.05, 3.63) is 59.8 Å². The molecule has 8 heteroatoms. The predicted molar refractivity (Wildman–Crippen MR) is 107 cm³/mol. The lowest BCUT2D eigenvalue weighted by molar-refractivity contribution is 0.0782. The second kappa shape index (κ2) is 7.71. The third-order valence-corrected chi connectivity index (χ3v) is 5.40. The normalized spacial score (nSPS) is 16.6. The summed E-state index contributed by atoms with van der Waals surface area (Å²) in [5, 5.41) is 4.33. The van der Waals surface area contributed by atoms with Gasteiger partial charge < -0.3 is 9.80 Å². The molecule has 0 spiro atoms. The summed E-state index contributed by atoms with van der Waals surface area (Å²) in [6, 6.07) is 8.47. The molecule has 150 valence electrons. The van der Waals surface area contributed by atoms with Crippen LogP contribution >= 0.6 is 0 Å².